The van der Waals surface area contributed by atoms with E-state index in [2.05, 4.69) is 15.6 Å². The van der Waals surface area contributed by atoms with Gasteiger partial charge in [0.25, 0.3) is 0 Å². The molecule has 0 fully saturated rings. The number of nitrogens with two attached hydrogens (primary N) is 1. The molecular formula is C17H22FIN4O2S. The van der Waals surface area contributed by atoms with Crippen molar-refractivity contribution in [1.29, 1.82) is 0 Å². The average Bonchev–Trinajstić information content (AvgIpc) is 2.57. The second-order valence-electron chi connectivity index (χ2n) is 5.56. The highest BCUT2D eigenvalue weighted by atomic mass is 127. The molecule has 0 spiro atoms. The number of benzene rings is 2. The van der Waals surface area contributed by atoms with Crippen LogP contribution in [0, 0.1) is 12.7 Å². The molecule has 2 aromatic carbocycles. The van der Waals surface area contributed by atoms with Crippen LogP contribution < -0.4 is 15.8 Å². The van der Waals surface area contributed by atoms with Gasteiger partial charge in [0.1, 0.15) is 5.82 Å². The van der Waals surface area contributed by atoms with E-state index in [1.54, 1.807) is 32.2 Å². The molecule has 6 nitrogen and oxygen atoms in total. The minimum absolute atomic E-state index is 0. The molecule has 0 saturated carbocycles. The van der Waals surface area contributed by atoms with Gasteiger partial charge in [0.2, 0.25) is 10.0 Å². The molecule has 0 bridgehead atoms. The van der Waals surface area contributed by atoms with Gasteiger partial charge >= 0.3 is 0 Å². The minimum Gasteiger partial charge on any atom is -0.352 e. The number of aryl methyl sites for hydroxylation is 1. The summed E-state index contributed by atoms with van der Waals surface area (Å²) in [6.45, 7) is 2.49. The molecule has 0 heterocycles. The number of nitrogens with zero attached hydrogens (tertiary/aromatic N) is 1. The van der Waals surface area contributed by atoms with Crippen LogP contribution >= 0.6 is 24.0 Å². The predicted octanol–water partition coefficient (Wildman–Crippen LogP) is 2.26. The zero-order valence-electron chi connectivity index (χ0n) is 14.5. The third-order valence-corrected chi connectivity index (χ3v) is 4.52. The van der Waals surface area contributed by atoms with Gasteiger partial charge in [-0.3, -0.25) is 4.99 Å². The summed E-state index contributed by atoms with van der Waals surface area (Å²) >= 11 is 0. The molecule has 0 atom stereocenters. The Labute approximate surface area is 170 Å². The van der Waals surface area contributed by atoms with Crippen molar-refractivity contribution in [1.82, 2.24) is 10.6 Å². The molecule has 0 radical (unpaired) electrons. The molecule has 26 heavy (non-hydrogen) atoms. The van der Waals surface area contributed by atoms with Gasteiger partial charge in [0.05, 0.1) is 4.90 Å². The molecule has 0 amide bonds. The van der Waals surface area contributed by atoms with Crippen molar-refractivity contribution < 1.29 is 12.8 Å². The zero-order valence-corrected chi connectivity index (χ0v) is 17.6. The summed E-state index contributed by atoms with van der Waals surface area (Å²) in [6.07, 6.45) is 0. The highest BCUT2D eigenvalue weighted by Gasteiger charge is 2.08. The van der Waals surface area contributed by atoms with E-state index in [9.17, 15) is 12.8 Å². The summed E-state index contributed by atoms with van der Waals surface area (Å²) in [4.78, 5) is 4.15. The quantitative estimate of drug-likeness (QED) is 0.339. The SMILES string of the molecule is CN=C(NCc1cccc(S(N)(=O)=O)c1)NCc1ccc(C)c(F)c1.I. The van der Waals surface area contributed by atoms with Gasteiger partial charge in [-0.05, 0) is 41.8 Å². The summed E-state index contributed by atoms with van der Waals surface area (Å²) in [5.74, 6) is 0.268. The highest BCUT2D eigenvalue weighted by molar-refractivity contribution is 14.0. The van der Waals surface area contributed by atoms with Crippen LogP contribution in [0.5, 0.6) is 0 Å². The molecule has 4 N–H and O–H groups in total. The van der Waals surface area contributed by atoms with Gasteiger partial charge in [-0.15, -0.1) is 24.0 Å². The standard InChI is InChI=1S/C17H21FN4O2S.HI/c1-12-6-7-14(9-16(12)18)11-22-17(20-2)21-10-13-4-3-5-15(8-13)25(19,23)24;/h3-9H,10-11H2,1-2H3,(H2,19,23,24)(H2,20,21,22);1H. The summed E-state index contributed by atoms with van der Waals surface area (Å²) in [6, 6.07) is 11.4. The Morgan fingerprint density at radius 3 is 2.27 bits per heavy atom. The molecular weight excluding hydrogens is 470 g/mol. The van der Waals surface area contributed by atoms with Crippen molar-refractivity contribution in [3.8, 4) is 0 Å². The van der Waals surface area contributed by atoms with Crippen LogP contribution in [0.3, 0.4) is 0 Å². The van der Waals surface area contributed by atoms with E-state index in [1.165, 1.54) is 18.2 Å². The smallest absolute Gasteiger partial charge is 0.238 e. The van der Waals surface area contributed by atoms with E-state index in [-0.39, 0.29) is 34.7 Å². The number of hydrogen-bond acceptors (Lipinski definition) is 3. The molecule has 0 unspecified atom stereocenters. The lowest BCUT2D eigenvalue weighted by Crippen LogP contribution is -2.36. The average molecular weight is 492 g/mol. The fourth-order valence-electron chi connectivity index (χ4n) is 2.17. The number of rotatable bonds is 5. The monoisotopic (exact) mass is 492 g/mol. The first-order valence-corrected chi connectivity index (χ1v) is 9.15. The lowest BCUT2D eigenvalue weighted by atomic mass is 10.1. The van der Waals surface area contributed by atoms with Crippen molar-refractivity contribution in [3.05, 3.63) is 65.0 Å². The van der Waals surface area contributed by atoms with Crippen LogP contribution in [0.25, 0.3) is 0 Å². The van der Waals surface area contributed by atoms with Gasteiger partial charge in [-0.25, -0.2) is 17.9 Å². The number of nitrogens with one attached hydrogen (secondary N) is 2. The Morgan fingerprint density at radius 1 is 1.12 bits per heavy atom. The van der Waals surface area contributed by atoms with E-state index < -0.39 is 10.0 Å². The first-order valence-electron chi connectivity index (χ1n) is 7.61. The Kier molecular flexibility index (Phi) is 8.44. The Morgan fingerprint density at radius 2 is 1.73 bits per heavy atom. The third-order valence-electron chi connectivity index (χ3n) is 3.61. The first kappa shape index (κ1) is 22.3. The van der Waals surface area contributed by atoms with Crippen molar-refractivity contribution in [3.63, 3.8) is 0 Å². The fourth-order valence-corrected chi connectivity index (χ4v) is 2.75. The molecule has 0 aromatic heterocycles. The first-order chi connectivity index (χ1) is 11.8. The number of sulfonamides is 1. The summed E-state index contributed by atoms with van der Waals surface area (Å²) in [7, 11) is -2.12. The topological polar surface area (TPSA) is 96.6 Å². The van der Waals surface area contributed by atoms with E-state index in [0.29, 0.717) is 24.6 Å². The van der Waals surface area contributed by atoms with Crippen LogP contribution in [0.1, 0.15) is 16.7 Å². The van der Waals surface area contributed by atoms with Crippen molar-refractivity contribution >= 4 is 40.0 Å². The Hall–Kier alpha value is -1.72. The second-order valence-corrected chi connectivity index (χ2v) is 7.12. The lowest BCUT2D eigenvalue weighted by Gasteiger charge is -2.13. The van der Waals surface area contributed by atoms with Crippen LogP contribution in [-0.4, -0.2) is 21.4 Å². The van der Waals surface area contributed by atoms with Crippen LogP contribution in [0.2, 0.25) is 0 Å². The maximum absolute atomic E-state index is 13.6. The fraction of sp³-hybridized carbons (Fsp3) is 0.235. The van der Waals surface area contributed by atoms with Crippen LogP contribution in [0.15, 0.2) is 52.4 Å². The molecule has 9 heteroatoms. The van der Waals surface area contributed by atoms with Crippen molar-refractivity contribution in [2.75, 3.05) is 7.05 Å². The van der Waals surface area contributed by atoms with E-state index in [0.717, 1.165) is 11.1 Å². The van der Waals surface area contributed by atoms with Gasteiger partial charge in [0.15, 0.2) is 5.96 Å². The lowest BCUT2D eigenvalue weighted by molar-refractivity contribution is 0.597. The number of halogens is 2. The molecule has 0 aliphatic rings. The Balaban J connectivity index is 0.00000338. The van der Waals surface area contributed by atoms with E-state index in [1.807, 2.05) is 6.07 Å². The van der Waals surface area contributed by atoms with Gasteiger partial charge in [0, 0.05) is 20.1 Å². The number of primary sulfonamides is 1. The highest BCUT2D eigenvalue weighted by Crippen LogP contribution is 2.10. The maximum atomic E-state index is 13.6. The molecule has 142 valence electrons. The molecule has 0 aliphatic heterocycles. The van der Waals surface area contributed by atoms with E-state index >= 15 is 0 Å². The zero-order chi connectivity index (χ0) is 18.4. The predicted molar refractivity (Wildman–Crippen MR) is 111 cm³/mol. The number of guanidine groups is 1. The summed E-state index contributed by atoms with van der Waals surface area (Å²) in [5.41, 5.74) is 2.14. The normalized spacial score (nSPS) is 11.6. The van der Waals surface area contributed by atoms with Gasteiger partial charge in [-0.1, -0.05) is 24.3 Å². The molecule has 0 aliphatic carbocycles. The van der Waals surface area contributed by atoms with Gasteiger partial charge < -0.3 is 10.6 Å². The van der Waals surface area contributed by atoms with Gasteiger partial charge in [-0.2, -0.15) is 0 Å². The maximum Gasteiger partial charge on any atom is 0.238 e. The van der Waals surface area contributed by atoms with Crippen LogP contribution in [0.4, 0.5) is 4.39 Å². The van der Waals surface area contributed by atoms with Crippen molar-refractivity contribution in [2.45, 2.75) is 24.9 Å². The number of aliphatic imine (C=N–C) groups is 1. The molecule has 2 aromatic rings. The summed E-state index contributed by atoms with van der Waals surface area (Å²) < 4.78 is 36.3. The summed E-state index contributed by atoms with van der Waals surface area (Å²) in [5, 5.41) is 11.3. The third kappa shape index (κ3) is 6.54. The van der Waals surface area contributed by atoms with Crippen molar-refractivity contribution in [2.24, 2.45) is 10.1 Å². The largest absolute Gasteiger partial charge is 0.352 e. The molecule has 0 saturated heterocycles. The Bertz CT molecular complexity index is 888. The molecule has 2 rings (SSSR count). The second kappa shape index (κ2) is 9.83. The van der Waals surface area contributed by atoms with Crippen LogP contribution in [-0.2, 0) is 23.1 Å². The minimum atomic E-state index is -3.73. The van der Waals surface area contributed by atoms with E-state index in [4.69, 9.17) is 5.14 Å². The number of hydrogen-bond donors (Lipinski definition) is 3.